The molecule has 1 aliphatic rings. The van der Waals surface area contributed by atoms with Crippen LogP contribution in [0.5, 0.6) is 0 Å². The Morgan fingerprint density at radius 3 is 2.81 bits per heavy atom. The zero-order valence-corrected chi connectivity index (χ0v) is 13.0. The molecule has 1 aromatic rings. The Labute approximate surface area is 128 Å². The van der Waals surface area contributed by atoms with Gasteiger partial charge in [-0.2, -0.15) is 11.8 Å². The molecular formula is C15H20N2O3S. The molecule has 1 aliphatic heterocycles. The van der Waals surface area contributed by atoms with Gasteiger partial charge in [-0.3, -0.25) is 0 Å². The van der Waals surface area contributed by atoms with E-state index in [1.807, 2.05) is 18.7 Å². The van der Waals surface area contributed by atoms with Crippen LogP contribution in [-0.2, 0) is 0 Å². The van der Waals surface area contributed by atoms with Gasteiger partial charge in [-0.25, -0.2) is 9.59 Å². The van der Waals surface area contributed by atoms with E-state index in [1.54, 1.807) is 18.2 Å². The summed E-state index contributed by atoms with van der Waals surface area (Å²) < 4.78 is 0.0836. The SMILES string of the molecule is Cc1ccc(NC(=O)NCC2(C)CCCS2)c(C(=O)O)c1. The van der Waals surface area contributed by atoms with Crippen molar-refractivity contribution in [2.45, 2.75) is 31.4 Å². The molecule has 1 atom stereocenters. The van der Waals surface area contributed by atoms with Crippen LogP contribution in [0, 0.1) is 6.92 Å². The Morgan fingerprint density at radius 2 is 2.19 bits per heavy atom. The number of urea groups is 1. The monoisotopic (exact) mass is 308 g/mol. The number of benzene rings is 1. The van der Waals surface area contributed by atoms with Gasteiger partial charge in [0.15, 0.2) is 0 Å². The zero-order chi connectivity index (χ0) is 15.5. The molecule has 1 heterocycles. The Kier molecular flexibility index (Phi) is 4.77. The minimum absolute atomic E-state index is 0.0836. The van der Waals surface area contributed by atoms with Gasteiger partial charge < -0.3 is 15.7 Å². The third-order valence-corrected chi connectivity index (χ3v) is 5.12. The van der Waals surface area contributed by atoms with Crippen LogP contribution in [0.25, 0.3) is 0 Å². The number of amides is 2. The summed E-state index contributed by atoms with van der Waals surface area (Å²) in [6.07, 6.45) is 2.26. The van der Waals surface area contributed by atoms with Crippen LogP contribution in [0.3, 0.4) is 0 Å². The molecule has 0 saturated carbocycles. The third kappa shape index (κ3) is 4.14. The van der Waals surface area contributed by atoms with Crippen molar-refractivity contribution in [3.8, 4) is 0 Å². The average molecular weight is 308 g/mol. The maximum Gasteiger partial charge on any atom is 0.337 e. The molecule has 21 heavy (non-hydrogen) atoms. The van der Waals surface area contributed by atoms with E-state index in [4.69, 9.17) is 0 Å². The lowest BCUT2D eigenvalue weighted by molar-refractivity contribution is 0.0698. The Hall–Kier alpha value is -1.69. The molecule has 5 nitrogen and oxygen atoms in total. The number of aryl methyl sites for hydroxylation is 1. The van der Waals surface area contributed by atoms with Gasteiger partial charge in [-0.1, -0.05) is 11.6 Å². The molecule has 0 aliphatic carbocycles. The van der Waals surface area contributed by atoms with Crippen LogP contribution >= 0.6 is 11.8 Å². The van der Waals surface area contributed by atoms with E-state index in [-0.39, 0.29) is 16.3 Å². The van der Waals surface area contributed by atoms with Crippen LogP contribution in [-0.4, -0.2) is 34.2 Å². The van der Waals surface area contributed by atoms with Crippen molar-refractivity contribution < 1.29 is 14.7 Å². The van der Waals surface area contributed by atoms with Gasteiger partial charge in [0.2, 0.25) is 0 Å². The highest BCUT2D eigenvalue weighted by atomic mass is 32.2. The number of anilines is 1. The first-order chi connectivity index (χ1) is 9.89. The number of carboxylic acids is 1. The predicted octanol–water partition coefficient (Wildman–Crippen LogP) is 3.10. The Balaban J connectivity index is 1.98. The lowest BCUT2D eigenvalue weighted by Gasteiger charge is -2.23. The van der Waals surface area contributed by atoms with Crippen molar-refractivity contribution >= 4 is 29.4 Å². The summed E-state index contributed by atoms with van der Waals surface area (Å²) in [6.45, 7) is 4.53. The first kappa shape index (κ1) is 15.7. The van der Waals surface area contributed by atoms with Crippen molar-refractivity contribution in [1.82, 2.24) is 5.32 Å². The summed E-state index contributed by atoms with van der Waals surface area (Å²) >= 11 is 1.87. The molecule has 114 valence electrons. The van der Waals surface area contributed by atoms with Crippen molar-refractivity contribution in [2.75, 3.05) is 17.6 Å². The summed E-state index contributed by atoms with van der Waals surface area (Å²) in [4.78, 5) is 23.1. The summed E-state index contributed by atoms with van der Waals surface area (Å²) in [5, 5.41) is 14.6. The predicted molar refractivity (Wildman–Crippen MR) is 85.3 cm³/mol. The second-order valence-corrected chi connectivity index (χ2v) is 7.25. The molecule has 1 fully saturated rings. The average Bonchev–Trinajstić information content (AvgIpc) is 2.86. The van der Waals surface area contributed by atoms with Crippen LogP contribution in [0.2, 0.25) is 0 Å². The molecule has 1 aromatic carbocycles. The molecule has 0 aromatic heterocycles. The quantitative estimate of drug-likeness (QED) is 0.798. The van der Waals surface area contributed by atoms with E-state index in [0.717, 1.165) is 17.7 Å². The van der Waals surface area contributed by atoms with E-state index >= 15 is 0 Å². The number of aromatic carboxylic acids is 1. The number of hydrogen-bond acceptors (Lipinski definition) is 3. The minimum Gasteiger partial charge on any atom is -0.478 e. The van der Waals surface area contributed by atoms with Crippen molar-refractivity contribution in [3.63, 3.8) is 0 Å². The number of nitrogens with one attached hydrogen (secondary N) is 2. The number of carbonyl (C=O) groups is 2. The topological polar surface area (TPSA) is 78.4 Å². The van der Waals surface area contributed by atoms with E-state index in [2.05, 4.69) is 17.6 Å². The van der Waals surface area contributed by atoms with Crippen LogP contribution in [0.1, 0.15) is 35.7 Å². The fraction of sp³-hybridized carbons (Fsp3) is 0.467. The van der Waals surface area contributed by atoms with Crippen LogP contribution in [0.4, 0.5) is 10.5 Å². The molecular weight excluding hydrogens is 288 g/mol. The van der Waals surface area contributed by atoms with Crippen LogP contribution in [0.15, 0.2) is 18.2 Å². The van der Waals surface area contributed by atoms with Gasteiger partial charge in [0.05, 0.1) is 11.3 Å². The molecule has 0 spiro atoms. The van der Waals surface area contributed by atoms with E-state index in [9.17, 15) is 14.7 Å². The highest BCUT2D eigenvalue weighted by Gasteiger charge is 2.29. The second-order valence-electron chi connectivity index (χ2n) is 5.56. The molecule has 3 N–H and O–H groups in total. The van der Waals surface area contributed by atoms with Crippen molar-refractivity contribution in [1.29, 1.82) is 0 Å². The lowest BCUT2D eigenvalue weighted by Crippen LogP contribution is -2.39. The molecule has 2 amide bonds. The molecule has 1 unspecified atom stereocenters. The standard InChI is InChI=1S/C15H20N2O3S/c1-10-4-5-12(11(8-10)13(18)19)17-14(20)16-9-15(2)6-3-7-21-15/h4-5,8H,3,6-7,9H2,1-2H3,(H,18,19)(H2,16,17,20). The van der Waals surface area contributed by atoms with Crippen molar-refractivity contribution in [2.24, 2.45) is 0 Å². The van der Waals surface area contributed by atoms with E-state index in [1.165, 1.54) is 6.42 Å². The fourth-order valence-electron chi connectivity index (χ4n) is 2.35. The normalized spacial score (nSPS) is 21.0. The highest BCUT2D eigenvalue weighted by Crippen LogP contribution is 2.36. The van der Waals surface area contributed by atoms with Crippen LogP contribution < -0.4 is 10.6 Å². The van der Waals surface area contributed by atoms with Gasteiger partial charge in [0, 0.05) is 11.3 Å². The summed E-state index contributed by atoms with van der Waals surface area (Å²) in [5.41, 5.74) is 1.26. The summed E-state index contributed by atoms with van der Waals surface area (Å²) in [5.74, 6) is 0.0771. The van der Waals surface area contributed by atoms with Gasteiger partial charge >= 0.3 is 12.0 Å². The first-order valence-electron chi connectivity index (χ1n) is 6.92. The first-order valence-corrected chi connectivity index (χ1v) is 7.91. The second kappa shape index (κ2) is 6.39. The number of rotatable bonds is 4. The van der Waals surface area contributed by atoms with Gasteiger partial charge in [-0.15, -0.1) is 0 Å². The van der Waals surface area contributed by atoms with Gasteiger partial charge in [0.1, 0.15) is 0 Å². The largest absolute Gasteiger partial charge is 0.478 e. The van der Waals surface area contributed by atoms with Gasteiger partial charge in [-0.05, 0) is 44.6 Å². The minimum atomic E-state index is -1.05. The number of hydrogen-bond donors (Lipinski definition) is 3. The molecule has 1 saturated heterocycles. The smallest absolute Gasteiger partial charge is 0.337 e. The highest BCUT2D eigenvalue weighted by molar-refractivity contribution is 8.00. The van der Waals surface area contributed by atoms with E-state index in [0.29, 0.717) is 12.2 Å². The van der Waals surface area contributed by atoms with E-state index < -0.39 is 5.97 Å². The lowest BCUT2D eigenvalue weighted by atomic mass is 10.1. The molecule has 6 heteroatoms. The Morgan fingerprint density at radius 1 is 1.43 bits per heavy atom. The number of carbonyl (C=O) groups excluding carboxylic acids is 1. The molecule has 2 rings (SSSR count). The fourth-order valence-corrected chi connectivity index (χ4v) is 3.60. The van der Waals surface area contributed by atoms with Gasteiger partial charge in [0.25, 0.3) is 0 Å². The van der Waals surface area contributed by atoms with Crippen molar-refractivity contribution in [3.05, 3.63) is 29.3 Å². The number of thioether (sulfide) groups is 1. The number of carboxylic acid groups (broad SMARTS) is 1. The molecule has 0 radical (unpaired) electrons. The summed E-state index contributed by atoms with van der Waals surface area (Å²) in [6, 6.07) is 4.57. The maximum atomic E-state index is 11.9. The zero-order valence-electron chi connectivity index (χ0n) is 12.2. The summed E-state index contributed by atoms with van der Waals surface area (Å²) in [7, 11) is 0. The molecule has 0 bridgehead atoms. The maximum absolute atomic E-state index is 11.9. The third-order valence-electron chi connectivity index (χ3n) is 3.58. The Bertz CT molecular complexity index is 554.